The minimum absolute atomic E-state index is 0.0249. The number of ether oxygens (including phenoxy) is 2. The molecular formula is C14H17NO4. The number of nitrogens with one attached hydrogen (secondary N) is 1. The third-order valence-electron chi connectivity index (χ3n) is 3.80. The molecule has 2 aliphatic rings. The molecule has 5 heteroatoms. The van der Waals surface area contributed by atoms with E-state index in [-0.39, 0.29) is 19.1 Å². The summed E-state index contributed by atoms with van der Waals surface area (Å²) in [5.41, 5.74) is -0.447. The van der Waals surface area contributed by atoms with Crippen LogP contribution in [0.4, 0.5) is 0 Å². The van der Waals surface area contributed by atoms with Crippen LogP contribution in [0.25, 0.3) is 0 Å². The molecule has 102 valence electrons. The van der Waals surface area contributed by atoms with Crippen molar-refractivity contribution in [2.45, 2.75) is 30.9 Å². The van der Waals surface area contributed by atoms with Crippen molar-refractivity contribution in [3.63, 3.8) is 0 Å². The Morgan fingerprint density at radius 1 is 1.37 bits per heavy atom. The molecule has 0 spiro atoms. The quantitative estimate of drug-likeness (QED) is 0.848. The number of amides is 1. The minimum Gasteiger partial charge on any atom is -0.485 e. The van der Waals surface area contributed by atoms with Gasteiger partial charge in [0.25, 0.3) is 5.91 Å². The van der Waals surface area contributed by atoms with E-state index >= 15 is 0 Å². The van der Waals surface area contributed by atoms with E-state index in [1.165, 1.54) is 0 Å². The lowest BCUT2D eigenvalue weighted by Crippen LogP contribution is -2.60. The maximum absolute atomic E-state index is 12.1. The van der Waals surface area contributed by atoms with Crippen molar-refractivity contribution in [3.05, 3.63) is 24.3 Å². The van der Waals surface area contributed by atoms with Crippen LogP contribution >= 0.6 is 0 Å². The molecule has 5 nitrogen and oxygen atoms in total. The number of para-hydroxylation sites is 2. The van der Waals surface area contributed by atoms with Gasteiger partial charge in [0.2, 0.25) is 6.10 Å². The molecule has 1 aliphatic heterocycles. The van der Waals surface area contributed by atoms with Crippen molar-refractivity contribution < 1.29 is 19.4 Å². The summed E-state index contributed by atoms with van der Waals surface area (Å²) in [6, 6.07) is 7.28. The molecule has 1 atom stereocenters. The van der Waals surface area contributed by atoms with Crippen LogP contribution in [-0.4, -0.2) is 35.9 Å². The highest BCUT2D eigenvalue weighted by atomic mass is 16.6. The predicted octanol–water partition coefficient (Wildman–Crippen LogP) is 0.858. The number of fused-ring (bicyclic) bond motifs is 1. The largest absolute Gasteiger partial charge is 0.485 e. The number of carbonyl (C=O) groups is 1. The van der Waals surface area contributed by atoms with Crippen LogP contribution in [0.1, 0.15) is 19.3 Å². The van der Waals surface area contributed by atoms with Crippen LogP contribution < -0.4 is 14.8 Å². The summed E-state index contributed by atoms with van der Waals surface area (Å²) >= 11 is 0. The van der Waals surface area contributed by atoms with E-state index in [0.717, 1.165) is 19.3 Å². The smallest absolute Gasteiger partial charge is 0.265 e. The monoisotopic (exact) mass is 263 g/mol. The number of aliphatic hydroxyl groups excluding tert-OH is 1. The highest BCUT2D eigenvalue weighted by Crippen LogP contribution is 2.33. The molecule has 0 bridgehead atoms. The number of hydrogen-bond acceptors (Lipinski definition) is 4. The Morgan fingerprint density at radius 3 is 2.74 bits per heavy atom. The fourth-order valence-electron chi connectivity index (χ4n) is 2.42. The summed E-state index contributed by atoms with van der Waals surface area (Å²) < 4.78 is 11.1. The lowest BCUT2D eigenvalue weighted by molar-refractivity contribution is -0.134. The number of rotatable bonds is 3. The number of carbonyl (C=O) groups excluding carboxylic acids is 1. The van der Waals surface area contributed by atoms with Crippen LogP contribution in [0.3, 0.4) is 0 Å². The summed E-state index contributed by atoms with van der Waals surface area (Å²) in [7, 11) is 0. The second kappa shape index (κ2) is 4.74. The minimum atomic E-state index is -0.654. The fraction of sp³-hybridized carbons (Fsp3) is 0.500. The molecule has 1 aliphatic carbocycles. The molecule has 0 aromatic heterocycles. The van der Waals surface area contributed by atoms with Crippen molar-refractivity contribution in [2.24, 2.45) is 0 Å². The summed E-state index contributed by atoms with van der Waals surface area (Å²) in [6.07, 6.45) is 2.02. The Balaban J connectivity index is 1.66. The van der Waals surface area contributed by atoms with E-state index in [1.54, 1.807) is 6.07 Å². The number of aliphatic hydroxyl groups is 1. The van der Waals surface area contributed by atoms with Gasteiger partial charge in [-0.25, -0.2) is 0 Å². The van der Waals surface area contributed by atoms with E-state index in [0.29, 0.717) is 11.5 Å². The van der Waals surface area contributed by atoms with Crippen molar-refractivity contribution >= 4 is 5.91 Å². The average molecular weight is 263 g/mol. The Labute approximate surface area is 111 Å². The molecule has 1 saturated carbocycles. The van der Waals surface area contributed by atoms with Gasteiger partial charge < -0.3 is 19.9 Å². The van der Waals surface area contributed by atoms with Gasteiger partial charge in [0.1, 0.15) is 6.61 Å². The van der Waals surface area contributed by atoms with Crippen molar-refractivity contribution in [1.82, 2.24) is 5.32 Å². The summed E-state index contributed by atoms with van der Waals surface area (Å²) in [4.78, 5) is 12.1. The van der Waals surface area contributed by atoms with Gasteiger partial charge in [-0.3, -0.25) is 4.79 Å². The molecule has 19 heavy (non-hydrogen) atoms. The zero-order chi connectivity index (χ0) is 13.3. The van der Waals surface area contributed by atoms with E-state index in [2.05, 4.69) is 5.32 Å². The topological polar surface area (TPSA) is 67.8 Å². The summed E-state index contributed by atoms with van der Waals surface area (Å²) in [5, 5.41) is 12.2. The predicted molar refractivity (Wildman–Crippen MR) is 68.2 cm³/mol. The van der Waals surface area contributed by atoms with Crippen LogP contribution in [0.2, 0.25) is 0 Å². The van der Waals surface area contributed by atoms with Gasteiger partial charge in [0.15, 0.2) is 11.5 Å². The first-order valence-corrected chi connectivity index (χ1v) is 6.54. The molecule has 1 unspecified atom stereocenters. The fourth-order valence-corrected chi connectivity index (χ4v) is 2.42. The zero-order valence-electron chi connectivity index (χ0n) is 10.6. The van der Waals surface area contributed by atoms with E-state index < -0.39 is 11.6 Å². The molecule has 1 fully saturated rings. The van der Waals surface area contributed by atoms with Crippen LogP contribution in [-0.2, 0) is 4.79 Å². The van der Waals surface area contributed by atoms with Gasteiger partial charge in [-0.05, 0) is 31.4 Å². The van der Waals surface area contributed by atoms with Crippen LogP contribution in [0.15, 0.2) is 24.3 Å². The first-order valence-electron chi connectivity index (χ1n) is 6.54. The number of benzene rings is 1. The summed E-state index contributed by atoms with van der Waals surface area (Å²) in [6.45, 7) is 0.174. The van der Waals surface area contributed by atoms with Gasteiger partial charge >= 0.3 is 0 Å². The average Bonchev–Trinajstić information content (AvgIpc) is 2.42. The SMILES string of the molecule is O=C(NC1(CO)CCC1)C1COc2ccccc2O1. The molecule has 1 aromatic rings. The van der Waals surface area contributed by atoms with Crippen LogP contribution in [0, 0.1) is 0 Å². The highest BCUT2D eigenvalue weighted by Gasteiger charge is 2.40. The Bertz CT molecular complexity index is 479. The van der Waals surface area contributed by atoms with E-state index in [1.807, 2.05) is 18.2 Å². The van der Waals surface area contributed by atoms with Gasteiger partial charge in [-0.15, -0.1) is 0 Å². The third-order valence-corrected chi connectivity index (χ3v) is 3.80. The zero-order valence-corrected chi connectivity index (χ0v) is 10.6. The first-order chi connectivity index (χ1) is 9.22. The van der Waals surface area contributed by atoms with Gasteiger partial charge in [-0.2, -0.15) is 0 Å². The third kappa shape index (κ3) is 2.26. The van der Waals surface area contributed by atoms with E-state index in [4.69, 9.17) is 9.47 Å². The first kappa shape index (κ1) is 12.3. The second-order valence-corrected chi connectivity index (χ2v) is 5.15. The molecule has 1 amide bonds. The molecular weight excluding hydrogens is 246 g/mol. The molecule has 2 N–H and O–H groups in total. The maximum Gasteiger partial charge on any atom is 0.265 e. The standard InChI is InChI=1S/C14H17NO4/c16-9-14(6-3-7-14)15-13(17)12-8-18-10-4-1-2-5-11(10)19-12/h1-2,4-5,12,16H,3,6-9H2,(H,15,17). The maximum atomic E-state index is 12.1. The van der Waals surface area contributed by atoms with Gasteiger partial charge in [0.05, 0.1) is 12.1 Å². The van der Waals surface area contributed by atoms with Gasteiger partial charge in [-0.1, -0.05) is 12.1 Å². The van der Waals surface area contributed by atoms with Crippen LogP contribution in [0.5, 0.6) is 11.5 Å². The second-order valence-electron chi connectivity index (χ2n) is 5.15. The Morgan fingerprint density at radius 2 is 2.11 bits per heavy atom. The van der Waals surface area contributed by atoms with Crippen molar-refractivity contribution in [3.8, 4) is 11.5 Å². The lowest BCUT2D eigenvalue weighted by atomic mass is 9.77. The van der Waals surface area contributed by atoms with Crippen molar-refractivity contribution in [1.29, 1.82) is 0 Å². The summed E-state index contributed by atoms with van der Waals surface area (Å²) in [5.74, 6) is 1.02. The number of hydrogen-bond donors (Lipinski definition) is 2. The normalized spacial score (nSPS) is 23.3. The molecule has 1 aromatic carbocycles. The molecule has 0 radical (unpaired) electrons. The van der Waals surface area contributed by atoms with E-state index in [9.17, 15) is 9.90 Å². The Hall–Kier alpha value is -1.75. The van der Waals surface area contributed by atoms with Gasteiger partial charge in [0, 0.05) is 0 Å². The molecule has 3 rings (SSSR count). The lowest BCUT2D eigenvalue weighted by Gasteiger charge is -2.41. The van der Waals surface area contributed by atoms with Crippen molar-refractivity contribution in [2.75, 3.05) is 13.2 Å². The molecule has 0 saturated heterocycles. The molecule has 1 heterocycles. The Kier molecular flexibility index (Phi) is 3.06. The highest BCUT2D eigenvalue weighted by molar-refractivity contribution is 5.82.